The van der Waals surface area contributed by atoms with Gasteiger partial charge >= 0.3 is 5.69 Å². The van der Waals surface area contributed by atoms with Crippen molar-refractivity contribution in [1.82, 2.24) is 5.32 Å². The fourth-order valence-corrected chi connectivity index (χ4v) is 1.90. The monoisotopic (exact) mass is 424 g/mol. The van der Waals surface area contributed by atoms with Gasteiger partial charge in [-0.1, -0.05) is 70.8 Å². The van der Waals surface area contributed by atoms with E-state index >= 15 is 0 Å². The fourth-order valence-electron chi connectivity index (χ4n) is 1.33. The van der Waals surface area contributed by atoms with Gasteiger partial charge < -0.3 is 5.32 Å². The molecule has 146 valence electrons. The normalized spacial score (nSPS) is 11.3. The number of carbonyl (C=O) groups excluding carboxylic acids is 2. The lowest BCUT2D eigenvalue weighted by atomic mass is 9.95. The zero-order valence-corrected chi connectivity index (χ0v) is 17.8. The van der Waals surface area contributed by atoms with Gasteiger partial charge in [-0.05, 0) is 23.2 Å². The summed E-state index contributed by atoms with van der Waals surface area (Å²) in [6, 6.07) is 2.95. The highest BCUT2D eigenvalue weighted by Gasteiger charge is 2.23. The zero-order valence-electron chi connectivity index (χ0n) is 15.6. The third-order valence-electron chi connectivity index (χ3n) is 3.04. The summed E-state index contributed by atoms with van der Waals surface area (Å²) >= 11 is 16.8. The van der Waals surface area contributed by atoms with E-state index in [1.54, 1.807) is 47.6 Å². The second-order valence-corrected chi connectivity index (χ2v) is 8.71. The van der Waals surface area contributed by atoms with Crippen LogP contribution in [0.25, 0.3) is 0 Å². The second kappa shape index (κ2) is 9.53. The van der Waals surface area contributed by atoms with Crippen LogP contribution in [0.2, 0.25) is 10.0 Å². The number of nitrogens with zero attached hydrogens (tertiary/aromatic N) is 1. The van der Waals surface area contributed by atoms with Crippen molar-refractivity contribution in [2.24, 2.45) is 10.8 Å². The lowest BCUT2D eigenvalue weighted by molar-refractivity contribution is -0.384. The number of benzene rings is 1. The Morgan fingerprint density at radius 3 is 1.88 bits per heavy atom. The number of carbonyl (C=O) groups is 2. The maximum absolute atomic E-state index is 11.7. The molecule has 0 saturated heterocycles. The van der Waals surface area contributed by atoms with E-state index in [4.69, 9.17) is 34.8 Å². The average Bonchev–Trinajstić information content (AvgIpc) is 2.44. The van der Waals surface area contributed by atoms with Gasteiger partial charge in [-0.25, -0.2) is 0 Å². The highest BCUT2D eigenvalue weighted by Crippen LogP contribution is 2.35. The summed E-state index contributed by atoms with van der Waals surface area (Å²) in [7, 11) is 0. The number of hydrogen-bond donors (Lipinski definition) is 1. The summed E-state index contributed by atoms with van der Waals surface area (Å²) < 4.78 is 0. The van der Waals surface area contributed by atoms with E-state index in [-0.39, 0.29) is 38.8 Å². The summed E-state index contributed by atoms with van der Waals surface area (Å²) in [6.45, 7) is 10.8. The number of nitro benzene ring substituents is 1. The number of amides is 1. The largest absolute Gasteiger partial charge is 0.352 e. The maximum Gasteiger partial charge on any atom is 0.306 e. The Kier molecular flexibility index (Phi) is 9.03. The molecule has 0 atom stereocenters. The van der Waals surface area contributed by atoms with Crippen LogP contribution < -0.4 is 5.32 Å². The minimum Gasteiger partial charge on any atom is -0.352 e. The quantitative estimate of drug-likeness (QED) is 0.401. The van der Waals surface area contributed by atoms with Gasteiger partial charge in [0.05, 0.1) is 4.92 Å². The summed E-state index contributed by atoms with van der Waals surface area (Å²) in [4.78, 5) is 32.2. The van der Waals surface area contributed by atoms with E-state index in [1.165, 1.54) is 6.07 Å². The van der Waals surface area contributed by atoms with Crippen LogP contribution >= 0.6 is 34.8 Å². The van der Waals surface area contributed by atoms with Crippen LogP contribution in [0, 0.1) is 20.9 Å². The van der Waals surface area contributed by atoms with Gasteiger partial charge in [0.1, 0.15) is 10.0 Å². The summed E-state index contributed by atoms with van der Waals surface area (Å²) in [5.41, 5.74) is -0.798. The SMILES string of the molecule is CC(C)(C)C(=O)Cl.CC(C)(C)C(=O)NCc1ccc(Cl)c([N+](=O)[O-])c1Cl. The molecule has 0 bridgehead atoms. The van der Waals surface area contributed by atoms with Gasteiger partial charge in [0.15, 0.2) is 0 Å². The molecular weight excluding hydrogens is 403 g/mol. The van der Waals surface area contributed by atoms with Gasteiger partial charge in [0, 0.05) is 17.4 Å². The van der Waals surface area contributed by atoms with Crippen LogP contribution in [0.3, 0.4) is 0 Å². The summed E-state index contributed by atoms with van der Waals surface area (Å²) in [5.74, 6) is -0.166. The molecule has 0 aliphatic carbocycles. The minimum absolute atomic E-state index is 0.0269. The van der Waals surface area contributed by atoms with Gasteiger partial charge in [-0.3, -0.25) is 19.7 Å². The molecule has 0 saturated carbocycles. The second-order valence-electron chi connectivity index (χ2n) is 7.58. The molecule has 0 aliphatic heterocycles. The van der Waals surface area contributed by atoms with Gasteiger partial charge in [0.25, 0.3) is 0 Å². The van der Waals surface area contributed by atoms with E-state index in [0.29, 0.717) is 5.56 Å². The molecule has 9 heteroatoms. The first-order valence-corrected chi connectivity index (χ1v) is 8.82. The van der Waals surface area contributed by atoms with Crippen molar-refractivity contribution in [3.05, 3.63) is 37.9 Å². The van der Waals surface area contributed by atoms with Crippen LogP contribution in [-0.2, 0) is 16.1 Å². The smallest absolute Gasteiger partial charge is 0.306 e. The Hall–Kier alpha value is -1.37. The van der Waals surface area contributed by atoms with Crippen LogP contribution in [0.4, 0.5) is 5.69 Å². The molecule has 0 aromatic heterocycles. The van der Waals surface area contributed by atoms with Crippen molar-refractivity contribution < 1.29 is 14.5 Å². The predicted octanol–water partition coefficient (Wildman–Crippen LogP) is 5.36. The Morgan fingerprint density at radius 1 is 1.08 bits per heavy atom. The molecule has 1 rings (SSSR count). The number of rotatable bonds is 3. The molecule has 1 aromatic carbocycles. The lowest BCUT2D eigenvalue weighted by Crippen LogP contribution is -2.34. The van der Waals surface area contributed by atoms with E-state index in [2.05, 4.69) is 5.32 Å². The highest BCUT2D eigenvalue weighted by atomic mass is 35.5. The lowest BCUT2D eigenvalue weighted by Gasteiger charge is -2.18. The van der Waals surface area contributed by atoms with Gasteiger partial charge in [-0.15, -0.1) is 0 Å². The van der Waals surface area contributed by atoms with E-state index in [0.717, 1.165) is 0 Å². The molecule has 0 unspecified atom stereocenters. The molecule has 0 heterocycles. The number of nitrogens with one attached hydrogen (secondary N) is 1. The number of nitro groups is 1. The highest BCUT2D eigenvalue weighted by molar-refractivity contribution is 6.64. The van der Waals surface area contributed by atoms with Crippen LogP contribution in [0.5, 0.6) is 0 Å². The van der Waals surface area contributed by atoms with Gasteiger partial charge in [-0.2, -0.15) is 0 Å². The topological polar surface area (TPSA) is 89.3 Å². The van der Waals surface area contributed by atoms with Crippen molar-refractivity contribution in [3.8, 4) is 0 Å². The molecule has 1 amide bonds. The van der Waals surface area contributed by atoms with E-state index in [9.17, 15) is 19.7 Å². The number of halogens is 3. The third-order valence-corrected chi connectivity index (χ3v) is 4.33. The number of hydrogen-bond acceptors (Lipinski definition) is 4. The van der Waals surface area contributed by atoms with E-state index < -0.39 is 10.3 Å². The predicted molar refractivity (Wildman–Crippen MR) is 105 cm³/mol. The van der Waals surface area contributed by atoms with Crippen molar-refractivity contribution in [2.45, 2.75) is 48.1 Å². The first kappa shape index (κ1) is 24.6. The molecule has 1 N–H and O–H groups in total. The van der Waals surface area contributed by atoms with Gasteiger partial charge in [0.2, 0.25) is 11.1 Å². The standard InChI is InChI=1S/C12H14Cl2N2O3.C5H9ClO/c1-12(2,3)11(17)15-6-7-4-5-8(13)10(9(7)14)16(18)19;1-5(2,3)4(6)7/h4-5H,6H2,1-3H3,(H,15,17);1-3H3. The molecule has 1 aromatic rings. The zero-order chi connectivity index (χ0) is 20.9. The molecule has 6 nitrogen and oxygen atoms in total. The Morgan fingerprint density at radius 2 is 1.54 bits per heavy atom. The molecule has 26 heavy (non-hydrogen) atoms. The van der Waals surface area contributed by atoms with Crippen molar-refractivity contribution in [3.63, 3.8) is 0 Å². The van der Waals surface area contributed by atoms with Crippen molar-refractivity contribution in [1.29, 1.82) is 0 Å². The minimum atomic E-state index is -0.639. The first-order valence-electron chi connectivity index (χ1n) is 7.68. The van der Waals surface area contributed by atoms with Crippen LogP contribution in [-0.4, -0.2) is 16.1 Å². The Labute approximate surface area is 168 Å². The molecule has 0 fully saturated rings. The Balaban J connectivity index is 0.000000758. The molecular formula is C17H23Cl3N2O4. The fraction of sp³-hybridized carbons (Fsp3) is 0.529. The Bertz CT molecular complexity index is 692. The average molecular weight is 426 g/mol. The third kappa shape index (κ3) is 7.89. The summed E-state index contributed by atoms with van der Waals surface area (Å²) in [5, 5.41) is 13.2. The van der Waals surface area contributed by atoms with Crippen LogP contribution in [0.1, 0.15) is 47.1 Å². The van der Waals surface area contributed by atoms with Crippen molar-refractivity contribution >= 4 is 51.6 Å². The molecule has 0 radical (unpaired) electrons. The molecule has 0 aliphatic rings. The van der Waals surface area contributed by atoms with Crippen molar-refractivity contribution in [2.75, 3.05) is 0 Å². The van der Waals surface area contributed by atoms with E-state index in [1.807, 2.05) is 0 Å². The maximum atomic E-state index is 11.7. The molecule has 0 spiro atoms. The van der Waals surface area contributed by atoms with Crippen LogP contribution in [0.15, 0.2) is 12.1 Å². The first-order chi connectivity index (χ1) is 11.6. The summed E-state index contributed by atoms with van der Waals surface area (Å²) in [6.07, 6.45) is 0.